The lowest BCUT2D eigenvalue weighted by atomic mass is 10.2. The van der Waals surface area contributed by atoms with Gasteiger partial charge in [-0.2, -0.15) is 0 Å². The third kappa shape index (κ3) is 1.76. The van der Waals surface area contributed by atoms with E-state index >= 15 is 0 Å². The van der Waals surface area contributed by atoms with Crippen LogP contribution in [0.4, 0.5) is 0 Å². The molecule has 0 radical (unpaired) electrons. The van der Waals surface area contributed by atoms with Gasteiger partial charge in [-0.3, -0.25) is 0 Å². The van der Waals surface area contributed by atoms with E-state index < -0.39 is 5.97 Å². The molecule has 64 valence electrons. The number of rotatable bonds is 2. The van der Waals surface area contributed by atoms with Gasteiger partial charge in [0.2, 0.25) is 0 Å². The van der Waals surface area contributed by atoms with Gasteiger partial charge in [-0.25, -0.2) is 4.79 Å². The summed E-state index contributed by atoms with van der Waals surface area (Å²) >= 11 is 4.71. The molecule has 0 aliphatic heterocycles. The van der Waals surface area contributed by atoms with Crippen LogP contribution in [0.25, 0.3) is 5.57 Å². The third-order valence-electron chi connectivity index (χ3n) is 1.41. The highest BCUT2D eigenvalue weighted by Gasteiger charge is 2.11. The molecule has 1 rings (SSSR count). The minimum Gasteiger partial charge on any atom is -0.478 e. The largest absolute Gasteiger partial charge is 0.478 e. The maximum Gasteiger partial charge on any atom is 0.336 e. The zero-order valence-electron chi connectivity index (χ0n) is 6.43. The molecule has 0 saturated carbocycles. The van der Waals surface area contributed by atoms with Crippen molar-refractivity contribution in [1.29, 1.82) is 0 Å². The number of carbonyl (C=O) groups is 1. The average Bonchev–Trinajstić information content (AvgIpc) is 2.30. The van der Waals surface area contributed by atoms with Gasteiger partial charge in [-0.05, 0) is 34.5 Å². The predicted octanol–water partition coefficient (Wildman–Crippen LogP) is 2.92. The standard InChI is InChI=1S/C8H7BrO2S/c1-4-3-6(12-7(4)9)5(2)8(10)11/h3H,2H2,1H3,(H,10,11). The van der Waals surface area contributed by atoms with E-state index in [2.05, 4.69) is 22.5 Å². The van der Waals surface area contributed by atoms with Crippen LogP contribution in [0, 0.1) is 6.92 Å². The molecule has 1 aromatic heterocycles. The molecule has 0 aliphatic rings. The molecule has 4 heteroatoms. The molecule has 1 aromatic rings. The third-order valence-corrected chi connectivity index (χ3v) is 3.61. The summed E-state index contributed by atoms with van der Waals surface area (Å²) in [5.74, 6) is -0.969. The van der Waals surface area contributed by atoms with E-state index in [1.165, 1.54) is 11.3 Å². The number of hydrogen-bond acceptors (Lipinski definition) is 2. The van der Waals surface area contributed by atoms with Gasteiger partial charge in [-0.15, -0.1) is 11.3 Å². The fourth-order valence-corrected chi connectivity index (χ4v) is 2.21. The fourth-order valence-electron chi connectivity index (χ4n) is 0.714. The van der Waals surface area contributed by atoms with Gasteiger partial charge >= 0.3 is 5.97 Å². The highest BCUT2D eigenvalue weighted by molar-refractivity contribution is 9.11. The summed E-state index contributed by atoms with van der Waals surface area (Å²) < 4.78 is 0.958. The summed E-state index contributed by atoms with van der Waals surface area (Å²) in [4.78, 5) is 11.2. The Balaban J connectivity index is 3.05. The van der Waals surface area contributed by atoms with Crippen molar-refractivity contribution >= 4 is 38.8 Å². The number of hydrogen-bond donors (Lipinski definition) is 1. The normalized spacial score (nSPS) is 9.83. The van der Waals surface area contributed by atoms with Crippen molar-refractivity contribution < 1.29 is 9.90 Å². The second-order valence-electron chi connectivity index (χ2n) is 2.35. The average molecular weight is 247 g/mol. The molecule has 0 aliphatic carbocycles. The van der Waals surface area contributed by atoms with Gasteiger partial charge < -0.3 is 5.11 Å². The van der Waals surface area contributed by atoms with Crippen LogP contribution in [-0.4, -0.2) is 11.1 Å². The first-order chi connectivity index (χ1) is 5.52. The van der Waals surface area contributed by atoms with E-state index in [-0.39, 0.29) is 5.57 Å². The first-order valence-electron chi connectivity index (χ1n) is 3.21. The molecule has 0 amide bonds. The number of carboxylic acids is 1. The SMILES string of the molecule is C=C(C(=O)O)c1cc(C)c(Br)s1. The first kappa shape index (κ1) is 9.48. The Hall–Kier alpha value is -0.610. The smallest absolute Gasteiger partial charge is 0.336 e. The molecule has 0 bridgehead atoms. The Bertz CT molecular complexity index is 321. The van der Waals surface area contributed by atoms with Gasteiger partial charge in [0.15, 0.2) is 0 Å². The van der Waals surface area contributed by atoms with Gasteiger partial charge in [0.05, 0.1) is 9.36 Å². The van der Waals surface area contributed by atoms with Gasteiger partial charge in [-0.1, -0.05) is 6.58 Å². The van der Waals surface area contributed by atoms with Crippen LogP contribution in [0.3, 0.4) is 0 Å². The number of aryl methyl sites for hydroxylation is 1. The monoisotopic (exact) mass is 246 g/mol. The number of carboxylic acid groups (broad SMARTS) is 1. The van der Waals surface area contributed by atoms with Crippen LogP contribution in [0.5, 0.6) is 0 Å². The summed E-state index contributed by atoms with van der Waals surface area (Å²) in [6.07, 6.45) is 0. The van der Waals surface area contributed by atoms with E-state index in [0.717, 1.165) is 9.35 Å². The van der Waals surface area contributed by atoms with Crippen LogP contribution in [0.1, 0.15) is 10.4 Å². The molecule has 0 saturated heterocycles. The topological polar surface area (TPSA) is 37.3 Å². The molecule has 1 N–H and O–H groups in total. The minimum absolute atomic E-state index is 0.147. The van der Waals surface area contributed by atoms with Crippen molar-refractivity contribution in [3.63, 3.8) is 0 Å². The molecular formula is C8H7BrO2S. The summed E-state index contributed by atoms with van der Waals surface area (Å²) in [5.41, 5.74) is 1.19. The van der Waals surface area contributed by atoms with E-state index in [9.17, 15) is 4.79 Å². The number of aliphatic carboxylic acids is 1. The first-order valence-corrected chi connectivity index (χ1v) is 4.82. The zero-order valence-corrected chi connectivity index (χ0v) is 8.83. The van der Waals surface area contributed by atoms with Gasteiger partial charge in [0.1, 0.15) is 0 Å². The highest BCUT2D eigenvalue weighted by Crippen LogP contribution is 2.31. The quantitative estimate of drug-likeness (QED) is 0.816. The Morgan fingerprint density at radius 2 is 2.33 bits per heavy atom. The van der Waals surface area contributed by atoms with Crippen molar-refractivity contribution in [2.75, 3.05) is 0 Å². The highest BCUT2D eigenvalue weighted by atomic mass is 79.9. The molecule has 12 heavy (non-hydrogen) atoms. The lowest BCUT2D eigenvalue weighted by molar-refractivity contribution is -0.130. The molecule has 1 heterocycles. The van der Waals surface area contributed by atoms with Crippen LogP contribution in [0.2, 0.25) is 0 Å². The van der Waals surface area contributed by atoms with Crippen molar-refractivity contribution in [2.45, 2.75) is 6.92 Å². The van der Waals surface area contributed by atoms with Gasteiger partial charge in [0.25, 0.3) is 0 Å². The number of halogens is 1. The summed E-state index contributed by atoms with van der Waals surface area (Å²) in [5, 5.41) is 8.63. The van der Waals surface area contributed by atoms with Crippen molar-refractivity contribution in [3.8, 4) is 0 Å². The summed E-state index contributed by atoms with van der Waals surface area (Å²) in [6.45, 7) is 5.38. The van der Waals surface area contributed by atoms with Crippen LogP contribution >= 0.6 is 27.3 Å². The Labute approximate surface area is 82.7 Å². The molecule has 0 unspecified atom stereocenters. The zero-order chi connectivity index (χ0) is 9.30. The summed E-state index contributed by atoms with van der Waals surface area (Å²) in [7, 11) is 0. The lowest BCUT2D eigenvalue weighted by Crippen LogP contribution is -1.95. The second kappa shape index (κ2) is 3.41. The van der Waals surface area contributed by atoms with Crippen molar-refractivity contribution in [1.82, 2.24) is 0 Å². The predicted molar refractivity (Wildman–Crippen MR) is 53.4 cm³/mol. The van der Waals surface area contributed by atoms with Crippen LogP contribution < -0.4 is 0 Å². The molecule has 0 aromatic carbocycles. The molecule has 0 fully saturated rings. The fraction of sp³-hybridized carbons (Fsp3) is 0.125. The van der Waals surface area contributed by atoms with Gasteiger partial charge in [0, 0.05) is 4.88 Å². The van der Waals surface area contributed by atoms with E-state index in [1.807, 2.05) is 13.0 Å². The Kier molecular flexibility index (Phi) is 2.69. The van der Waals surface area contributed by atoms with Crippen molar-refractivity contribution in [2.24, 2.45) is 0 Å². The van der Waals surface area contributed by atoms with E-state index in [4.69, 9.17) is 5.11 Å². The molecule has 0 spiro atoms. The van der Waals surface area contributed by atoms with E-state index in [0.29, 0.717) is 4.88 Å². The maximum atomic E-state index is 10.5. The Morgan fingerprint density at radius 3 is 2.67 bits per heavy atom. The lowest BCUT2D eigenvalue weighted by Gasteiger charge is -1.92. The molecule has 0 atom stereocenters. The maximum absolute atomic E-state index is 10.5. The molecule has 2 nitrogen and oxygen atoms in total. The van der Waals surface area contributed by atoms with Crippen molar-refractivity contribution in [3.05, 3.63) is 26.9 Å². The number of thiophene rings is 1. The Morgan fingerprint density at radius 1 is 1.75 bits per heavy atom. The van der Waals surface area contributed by atoms with Crippen LogP contribution in [0.15, 0.2) is 16.4 Å². The van der Waals surface area contributed by atoms with E-state index in [1.54, 1.807) is 0 Å². The van der Waals surface area contributed by atoms with Crippen LogP contribution in [-0.2, 0) is 4.79 Å². The second-order valence-corrected chi connectivity index (χ2v) is 4.72. The molecular weight excluding hydrogens is 240 g/mol. The summed E-state index contributed by atoms with van der Waals surface area (Å²) in [6, 6.07) is 1.81. The minimum atomic E-state index is -0.969.